The van der Waals surface area contributed by atoms with Crippen LogP contribution in [0.3, 0.4) is 0 Å². The summed E-state index contributed by atoms with van der Waals surface area (Å²) in [6, 6.07) is 10.4. The Balaban J connectivity index is 2.01. The van der Waals surface area contributed by atoms with E-state index in [1.54, 1.807) is 6.92 Å². The molecule has 2 aromatic carbocycles. The highest BCUT2D eigenvalue weighted by Gasteiger charge is 2.20. The first-order valence-electron chi connectivity index (χ1n) is 8.95. The van der Waals surface area contributed by atoms with E-state index in [1.165, 1.54) is 50.5 Å². The van der Waals surface area contributed by atoms with Crippen LogP contribution in [0.15, 0.2) is 56.6 Å². The molecule has 0 aliphatic heterocycles. The number of fused-ring (bicyclic) bond motifs is 1. The summed E-state index contributed by atoms with van der Waals surface area (Å²) >= 11 is 0. The lowest BCUT2D eigenvalue weighted by Crippen LogP contribution is -2.22. The third-order valence-corrected chi connectivity index (χ3v) is 6.38. The topological polar surface area (TPSA) is 93.9 Å². The minimum atomic E-state index is -3.68. The number of benzene rings is 2. The number of aryl methyl sites for hydroxylation is 2. The molecule has 0 unspecified atom stereocenters. The molecule has 7 nitrogen and oxygen atoms in total. The molecule has 0 atom stereocenters. The Morgan fingerprint density at radius 1 is 1.14 bits per heavy atom. The first-order valence-corrected chi connectivity index (χ1v) is 10.4. The molecule has 0 aliphatic rings. The van der Waals surface area contributed by atoms with E-state index in [2.05, 4.69) is 0 Å². The van der Waals surface area contributed by atoms with Gasteiger partial charge in [-0.3, -0.25) is 0 Å². The number of ether oxygens (including phenoxy) is 1. The minimum absolute atomic E-state index is 0.00667. The molecule has 0 saturated carbocycles. The molecule has 0 bridgehead atoms. The van der Waals surface area contributed by atoms with Gasteiger partial charge in [0, 0.05) is 31.6 Å². The molecule has 29 heavy (non-hydrogen) atoms. The molecule has 8 heteroatoms. The second-order valence-corrected chi connectivity index (χ2v) is 8.91. The van der Waals surface area contributed by atoms with E-state index in [1.807, 2.05) is 13.0 Å². The average molecular weight is 415 g/mol. The van der Waals surface area contributed by atoms with Crippen LogP contribution in [0, 0.1) is 6.92 Å². The molecule has 0 N–H and O–H groups in total. The minimum Gasteiger partial charge on any atom is -0.423 e. The highest BCUT2D eigenvalue weighted by Crippen LogP contribution is 2.28. The third-order valence-electron chi connectivity index (χ3n) is 4.56. The second kappa shape index (κ2) is 7.81. The fraction of sp³-hybridized carbons (Fsp3) is 0.238. The van der Waals surface area contributed by atoms with Crippen LogP contribution in [-0.4, -0.2) is 32.8 Å². The van der Waals surface area contributed by atoms with Crippen molar-refractivity contribution in [3.8, 4) is 5.75 Å². The number of rotatable bonds is 5. The largest absolute Gasteiger partial charge is 0.423 e. The molecule has 0 fully saturated rings. The molecular weight excluding hydrogens is 394 g/mol. The average Bonchev–Trinajstić information content (AvgIpc) is 2.67. The molecule has 3 aromatic rings. The zero-order valence-corrected chi connectivity index (χ0v) is 17.4. The van der Waals surface area contributed by atoms with Crippen molar-refractivity contribution in [2.24, 2.45) is 0 Å². The van der Waals surface area contributed by atoms with Crippen molar-refractivity contribution in [3.63, 3.8) is 0 Å². The summed E-state index contributed by atoms with van der Waals surface area (Å²) in [6.45, 7) is 3.72. The van der Waals surface area contributed by atoms with Gasteiger partial charge in [0.2, 0.25) is 10.0 Å². The van der Waals surface area contributed by atoms with Crippen LogP contribution < -0.4 is 10.4 Å². The van der Waals surface area contributed by atoms with Crippen LogP contribution in [0.25, 0.3) is 11.0 Å². The lowest BCUT2D eigenvalue weighted by atomic mass is 10.1. The van der Waals surface area contributed by atoms with Gasteiger partial charge >= 0.3 is 11.6 Å². The maximum Gasteiger partial charge on any atom is 0.343 e. The van der Waals surface area contributed by atoms with Crippen LogP contribution in [0.2, 0.25) is 0 Å². The lowest BCUT2D eigenvalue weighted by Gasteiger charge is -2.13. The number of sulfonamides is 1. The molecule has 3 rings (SSSR count). The maximum atomic E-state index is 12.7. The van der Waals surface area contributed by atoms with Gasteiger partial charge in [-0.05, 0) is 48.7 Å². The summed E-state index contributed by atoms with van der Waals surface area (Å²) in [5.41, 5.74) is 1.46. The summed E-state index contributed by atoms with van der Waals surface area (Å²) < 4.78 is 36.4. The normalized spacial score (nSPS) is 11.8. The molecule has 0 saturated heterocycles. The summed E-state index contributed by atoms with van der Waals surface area (Å²) in [5, 5.41) is 0.764. The Labute approximate surface area is 168 Å². The Bertz CT molecular complexity index is 1260. The monoisotopic (exact) mass is 415 g/mol. The number of carbonyl (C=O) groups is 1. The van der Waals surface area contributed by atoms with E-state index in [0.717, 1.165) is 20.8 Å². The van der Waals surface area contributed by atoms with E-state index in [4.69, 9.17) is 9.15 Å². The number of hydrogen-bond donors (Lipinski definition) is 0. The molecule has 0 amide bonds. The molecule has 0 radical (unpaired) electrons. The van der Waals surface area contributed by atoms with Gasteiger partial charge in [0.05, 0.1) is 10.5 Å². The Morgan fingerprint density at radius 3 is 2.52 bits per heavy atom. The number of nitrogens with zero attached hydrogens (tertiary/aromatic N) is 1. The van der Waals surface area contributed by atoms with Crippen molar-refractivity contribution < 1.29 is 22.4 Å². The first-order chi connectivity index (χ1) is 13.6. The molecule has 1 heterocycles. The smallest absolute Gasteiger partial charge is 0.343 e. The van der Waals surface area contributed by atoms with E-state index >= 15 is 0 Å². The van der Waals surface area contributed by atoms with E-state index < -0.39 is 21.6 Å². The zero-order chi connectivity index (χ0) is 21.3. The predicted molar refractivity (Wildman–Crippen MR) is 109 cm³/mol. The third kappa shape index (κ3) is 4.08. The number of esters is 1. The molecule has 152 valence electrons. The highest BCUT2D eigenvalue weighted by molar-refractivity contribution is 7.89. The van der Waals surface area contributed by atoms with Crippen LogP contribution in [0.4, 0.5) is 0 Å². The van der Waals surface area contributed by atoms with Crippen LogP contribution in [-0.2, 0) is 16.4 Å². The molecule has 0 aliphatic carbocycles. The molecule has 0 spiro atoms. The van der Waals surface area contributed by atoms with E-state index in [9.17, 15) is 18.0 Å². The summed E-state index contributed by atoms with van der Waals surface area (Å²) in [6.07, 6.45) is 0.589. The Hall–Kier alpha value is -2.97. The summed E-state index contributed by atoms with van der Waals surface area (Å²) in [4.78, 5) is 24.3. The van der Waals surface area contributed by atoms with Crippen molar-refractivity contribution in [2.75, 3.05) is 14.1 Å². The summed E-state index contributed by atoms with van der Waals surface area (Å²) in [7, 11) is -0.850. The standard InChI is InChI=1S/C21H21NO6S/c1-5-14-11-17-13(2)9-20(23)27-19(17)12-18(14)28-21(24)15-7-6-8-16(10-15)29(25,26)22(3)4/h6-12H,5H2,1-4H3. The van der Waals surface area contributed by atoms with Gasteiger partial charge in [0.15, 0.2) is 0 Å². The number of carbonyl (C=O) groups excluding carboxylic acids is 1. The Kier molecular flexibility index (Phi) is 5.59. The first kappa shape index (κ1) is 20.8. The van der Waals surface area contributed by atoms with Crippen molar-refractivity contribution in [3.05, 3.63) is 69.6 Å². The van der Waals surface area contributed by atoms with E-state index in [-0.39, 0.29) is 16.2 Å². The fourth-order valence-corrected chi connectivity index (χ4v) is 3.86. The quantitative estimate of drug-likeness (QED) is 0.361. The van der Waals surface area contributed by atoms with Gasteiger partial charge in [0.25, 0.3) is 0 Å². The Morgan fingerprint density at radius 2 is 1.86 bits per heavy atom. The van der Waals surface area contributed by atoms with E-state index in [0.29, 0.717) is 12.0 Å². The molecule has 1 aromatic heterocycles. The van der Waals surface area contributed by atoms with Gasteiger partial charge in [-0.15, -0.1) is 0 Å². The number of hydrogen-bond acceptors (Lipinski definition) is 6. The van der Waals surface area contributed by atoms with Gasteiger partial charge < -0.3 is 9.15 Å². The predicted octanol–water partition coefficient (Wildman–Crippen LogP) is 3.13. The van der Waals surface area contributed by atoms with Crippen molar-refractivity contribution in [1.29, 1.82) is 0 Å². The van der Waals surface area contributed by atoms with Gasteiger partial charge in [-0.2, -0.15) is 0 Å². The summed E-state index contributed by atoms with van der Waals surface area (Å²) in [5.74, 6) is -0.440. The van der Waals surface area contributed by atoms with Crippen molar-refractivity contribution in [1.82, 2.24) is 4.31 Å². The molecular formula is C21H21NO6S. The zero-order valence-electron chi connectivity index (χ0n) is 16.6. The van der Waals surface area contributed by atoms with Gasteiger partial charge in [0.1, 0.15) is 11.3 Å². The maximum absolute atomic E-state index is 12.7. The SMILES string of the molecule is CCc1cc2c(C)cc(=O)oc2cc1OC(=O)c1cccc(S(=O)(=O)N(C)C)c1. The lowest BCUT2D eigenvalue weighted by molar-refractivity contribution is 0.0733. The van der Waals surface area contributed by atoms with Crippen LogP contribution >= 0.6 is 0 Å². The van der Waals surface area contributed by atoms with Crippen molar-refractivity contribution >= 4 is 27.0 Å². The van der Waals surface area contributed by atoms with Gasteiger partial charge in [-0.25, -0.2) is 22.3 Å². The van der Waals surface area contributed by atoms with Gasteiger partial charge in [-0.1, -0.05) is 13.0 Å². The van der Waals surface area contributed by atoms with Crippen LogP contribution in [0.1, 0.15) is 28.4 Å². The van der Waals surface area contributed by atoms with Crippen LogP contribution in [0.5, 0.6) is 5.75 Å². The fourth-order valence-electron chi connectivity index (χ4n) is 2.92. The highest BCUT2D eigenvalue weighted by atomic mass is 32.2. The second-order valence-electron chi connectivity index (χ2n) is 6.76. The van der Waals surface area contributed by atoms with Crippen molar-refractivity contribution in [2.45, 2.75) is 25.2 Å².